The van der Waals surface area contributed by atoms with Gasteiger partial charge in [0.2, 0.25) is 5.95 Å². The predicted octanol–water partition coefficient (Wildman–Crippen LogP) is 2.73. The van der Waals surface area contributed by atoms with Crippen LogP contribution in [0.3, 0.4) is 0 Å². The molecule has 0 N–H and O–H groups in total. The highest BCUT2D eigenvalue weighted by atomic mass is 19.1. The van der Waals surface area contributed by atoms with Crippen LogP contribution < -0.4 is 0 Å². The molecule has 1 aromatic rings. The summed E-state index contributed by atoms with van der Waals surface area (Å²) in [4.78, 5) is 3.58. The topological polar surface area (TPSA) is 12.9 Å². The third kappa shape index (κ3) is 1.76. The monoisotopic (exact) mass is 153 g/mol. The molecule has 0 aliphatic carbocycles. The summed E-state index contributed by atoms with van der Waals surface area (Å²) in [6.45, 7) is 4.04. The molecule has 1 nitrogen and oxygen atoms in total. The lowest BCUT2D eigenvalue weighted by atomic mass is 10.0. The van der Waals surface area contributed by atoms with Gasteiger partial charge in [0.05, 0.1) is 0 Å². The van der Waals surface area contributed by atoms with Crippen molar-refractivity contribution in [3.8, 4) is 0 Å². The van der Waals surface area contributed by atoms with E-state index in [4.69, 9.17) is 0 Å². The number of pyridine rings is 1. The van der Waals surface area contributed by atoms with Crippen molar-refractivity contribution in [2.75, 3.05) is 0 Å². The summed E-state index contributed by atoms with van der Waals surface area (Å²) in [7, 11) is 0. The number of nitrogens with zero attached hydrogens (tertiary/aromatic N) is 1. The maximum atomic E-state index is 12.9. The summed E-state index contributed by atoms with van der Waals surface area (Å²) in [5.74, 6) is -0.0643. The minimum atomic E-state index is -0.332. The van der Waals surface area contributed by atoms with Gasteiger partial charge in [0.15, 0.2) is 0 Å². The molecule has 0 saturated carbocycles. The van der Waals surface area contributed by atoms with Crippen molar-refractivity contribution in [3.05, 3.63) is 29.8 Å². The van der Waals surface area contributed by atoms with Crippen LogP contribution in [0, 0.1) is 5.95 Å². The molecular formula is C9H12FN. The SMILES string of the molecule is CC[C@@H](C)c1cccnc1F. The van der Waals surface area contributed by atoms with Crippen molar-refractivity contribution in [1.82, 2.24) is 4.98 Å². The quantitative estimate of drug-likeness (QED) is 0.595. The fourth-order valence-electron chi connectivity index (χ4n) is 0.986. The standard InChI is InChI=1S/C9H12FN/c1-3-7(2)8-5-4-6-11-9(8)10/h4-7H,3H2,1-2H3/t7-/m1/s1. The van der Waals surface area contributed by atoms with Gasteiger partial charge in [0, 0.05) is 11.8 Å². The normalized spacial score (nSPS) is 13.0. The second kappa shape index (κ2) is 3.46. The first kappa shape index (κ1) is 8.18. The Morgan fingerprint density at radius 3 is 2.91 bits per heavy atom. The molecule has 0 unspecified atom stereocenters. The second-order valence-electron chi connectivity index (χ2n) is 2.69. The molecule has 60 valence electrons. The first-order valence-corrected chi connectivity index (χ1v) is 3.86. The van der Waals surface area contributed by atoms with E-state index in [2.05, 4.69) is 4.98 Å². The summed E-state index contributed by atoms with van der Waals surface area (Å²) in [6, 6.07) is 3.56. The minimum Gasteiger partial charge on any atom is -0.228 e. The zero-order valence-corrected chi connectivity index (χ0v) is 6.84. The molecule has 11 heavy (non-hydrogen) atoms. The van der Waals surface area contributed by atoms with Gasteiger partial charge in [-0.2, -0.15) is 4.39 Å². The van der Waals surface area contributed by atoms with Gasteiger partial charge in [-0.3, -0.25) is 0 Å². The molecule has 0 aromatic carbocycles. The van der Waals surface area contributed by atoms with Crippen LogP contribution in [-0.2, 0) is 0 Å². The smallest absolute Gasteiger partial charge is 0.216 e. The molecule has 0 aliphatic rings. The molecule has 0 fully saturated rings. The van der Waals surface area contributed by atoms with Crippen molar-refractivity contribution in [1.29, 1.82) is 0 Å². The van der Waals surface area contributed by atoms with Gasteiger partial charge >= 0.3 is 0 Å². The summed E-state index contributed by atoms with van der Waals surface area (Å²) < 4.78 is 12.9. The van der Waals surface area contributed by atoms with Gasteiger partial charge in [-0.1, -0.05) is 19.9 Å². The number of aromatic nitrogens is 1. The van der Waals surface area contributed by atoms with E-state index in [1.165, 1.54) is 6.20 Å². The highest BCUT2D eigenvalue weighted by Crippen LogP contribution is 2.19. The predicted molar refractivity (Wildman–Crippen MR) is 42.9 cm³/mol. The van der Waals surface area contributed by atoms with Crippen LogP contribution in [-0.4, -0.2) is 4.98 Å². The number of hydrogen-bond donors (Lipinski definition) is 0. The first-order valence-electron chi connectivity index (χ1n) is 3.86. The van der Waals surface area contributed by atoms with Crippen LogP contribution in [0.5, 0.6) is 0 Å². The van der Waals surface area contributed by atoms with Crippen molar-refractivity contribution in [2.45, 2.75) is 26.2 Å². The zero-order valence-electron chi connectivity index (χ0n) is 6.84. The van der Waals surface area contributed by atoms with E-state index in [0.717, 1.165) is 12.0 Å². The Bertz CT molecular complexity index is 235. The Labute approximate surface area is 66.3 Å². The molecule has 0 aliphatic heterocycles. The Morgan fingerprint density at radius 1 is 1.64 bits per heavy atom. The first-order chi connectivity index (χ1) is 5.25. The fourth-order valence-corrected chi connectivity index (χ4v) is 0.986. The van der Waals surface area contributed by atoms with Crippen LogP contribution in [0.2, 0.25) is 0 Å². The van der Waals surface area contributed by atoms with Crippen molar-refractivity contribution in [2.24, 2.45) is 0 Å². The Hall–Kier alpha value is -0.920. The molecule has 1 aromatic heterocycles. The molecule has 0 spiro atoms. The van der Waals surface area contributed by atoms with Crippen molar-refractivity contribution >= 4 is 0 Å². The van der Waals surface area contributed by atoms with Gasteiger partial charge in [-0.15, -0.1) is 0 Å². The third-order valence-electron chi connectivity index (χ3n) is 1.93. The van der Waals surface area contributed by atoms with Crippen LogP contribution >= 0.6 is 0 Å². The molecular weight excluding hydrogens is 141 g/mol. The molecule has 0 amide bonds. The van der Waals surface area contributed by atoms with E-state index in [0.29, 0.717) is 0 Å². The molecule has 0 saturated heterocycles. The molecule has 1 rings (SSSR count). The second-order valence-corrected chi connectivity index (χ2v) is 2.69. The van der Waals surface area contributed by atoms with E-state index < -0.39 is 0 Å². The zero-order chi connectivity index (χ0) is 8.27. The van der Waals surface area contributed by atoms with Gasteiger partial charge in [-0.25, -0.2) is 4.98 Å². The third-order valence-corrected chi connectivity index (χ3v) is 1.93. The Morgan fingerprint density at radius 2 is 2.36 bits per heavy atom. The average Bonchev–Trinajstić information content (AvgIpc) is 2.04. The minimum absolute atomic E-state index is 0.267. The van der Waals surface area contributed by atoms with Crippen molar-refractivity contribution < 1.29 is 4.39 Å². The number of hydrogen-bond acceptors (Lipinski definition) is 1. The summed E-state index contributed by atoms with van der Waals surface area (Å²) in [6.07, 6.45) is 2.42. The lowest BCUT2D eigenvalue weighted by Crippen LogP contribution is -1.97. The van der Waals surface area contributed by atoms with Crippen LogP contribution in [0.15, 0.2) is 18.3 Å². The van der Waals surface area contributed by atoms with E-state index in [9.17, 15) is 4.39 Å². The van der Waals surface area contributed by atoms with Crippen LogP contribution in [0.1, 0.15) is 31.7 Å². The number of halogens is 1. The van der Waals surface area contributed by atoms with Crippen LogP contribution in [0.25, 0.3) is 0 Å². The van der Waals surface area contributed by atoms with E-state index in [1.807, 2.05) is 13.8 Å². The Balaban J connectivity index is 2.93. The summed E-state index contributed by atoms with van der Waals surface area (Å²) in [5.41, 5.74) is 0.718. The highest BCUT2D eigenvalue weighted by Gasteiger charge is 2.07. The lowest BCUT2D eigenvalue weighted by Gasteiger charge is -2.07. The van der Waals surface area contributed by atoms with Crippen molar-refractivity contribution in [3.63, 3.8) is 0 Å². The average molecular weight is 153 g/mol. The molecule has 1 atom stereocenters. The van der Waals surface area contributed by atoms with Crippen LogP contribution in [0.4, 0.5) is 4.39 Å². The summed E-state index contributed by atoms with van der Waals surface area (Å²) >= 11 is 0. The molecule has 1 heterocycles. The summed E-state index contributed by atoms with van der Waals surface area (Å²) in [5, 5.41) is 0. The maximum absolute atomic E-state index is 12.9. The molecule has 2 heteroatoms. The van der Waals surface area contributed by atoms with E-state index in [1.54, 1.807) is 12.1 Å². The van der Waals surface area contributed by atoms with E-state index >= 15 is 0 Å². The molecule has 0 bridgehead atoms. The van der Waals surface area contributed by atoms with Gasteiger partial charge in [0.1, 0.15) is 0 Å². The maximum Gasteiger partial charge on any atom is 0.216 e. The fraction of sp³-hybridized carbons (Fsp3) is 0.444. The van der Waals surface area contributed by atoms with Gasteiger partial charge < -0.3 is 0 Å². The Kier molecular flexibility index (Phi) is 2.58. The highest BCUT2D eigenvalue weighted by molar-refractivity contribution is 5.15. The largest absolute Gasteiger partial charge is 0.228 e. The van der Waals surface area contributed by atoms with E-state index in [-0.39, 0.29) is 11.9 Å². The molecule has 0 radical (unpaired) electrons. The van der Waals surface area contributed by atoms with Gasteiger partial charge in [-0.05, 0) is 18.4 Å². The lowest BCUT2D eigenvalue weighted by molar-refractivity contribution is 0.546. The van der Waals surface area contributed by atoms with Gasteiger partial charge in [0.25, 0.3) is 0 Å². The number of rotatable bonds is 2.